The van der Waals surface area contributed by atoms with Gasteiger partial charge in [-0.25, -0.2) is 9.48 Å². The third kappa shape index (κ3) is 4.27. The van der Waals surface area contributed by atoms with Crippen molar-refractivity contribution in [3.8, 4) is 0 Å². The monoisotopic (exact) mass is 404 g/mol. The van der Waals surface area contributed by atoms with Crippen LogP contribution in [0.15, 0.2) is 42.5 Å². The molecule has 3 aromatic rings. The zero-order chi connectivity index (χ0) is 19.6. The molecule has 0 aliphatic heterocycles. The van der Waals surface area contributed by atoms with Gasteiger partial charge in [0, 0.05) is 5.69 Å². The molecule has 0 spiro atoms. The number of amides is 1. The third-order valence-corrected chi connectivity index (χ3v) is 4.62. The number of carboxylic acids is 1. The van der Waals surface area contributed by atoms with Gasteiger partial charge >= 0.3 is 5.97 Å². The smallest absolute Gasteiger partial charge is 0.335 e. The molecule has 0 atom stereocenters. The molecule has 1 aromatic heterocycles. The molecule has 138 valence electrons. The van der Waals surface area contributed by atoms with Gasteiger partial charge in [-0.2, -0.15) is 0 Å². The van der Waals surface area contributed by atoms with Crippen molar-refractivity contribution in [2.24, 2.45) is 0 Å². The molecule has 0 unspecified atom stereocenters. The van der Waals surface area contributed by atoms with Crippen molar-refractivity contribution in [1.29, 1.82) is 0 Å². The van der Waals surface area contributed by atoms with Gasteiger partial charge in [-0.3, -0.25) is 4.79 Å². The first-order valence-electron chi connectivity index (χ1n) is 7.84. The molecule has 3 rings (SSSR count). The van der Waals surface area contributed by atoms with Crippen LogP contribution < -0.4 is 5.32 Å². The standard InChI is InChI=1S/C18H14Cl2N4O3/c1-10-16(17(25)21-13-4-2-3-12(8-13)18(26)27)22-23-24(10)9-11-5-6-14(19)15(20)7-11/h2-8H,9H2,1H3,(H,21,25)(H,26,27). The highest BCUT2D eigenvalue weighted by molar-refractivity contribution is 6.42. The number of benzene rings is 2. The van der Waals surface area contributed by atoms with E-state index in [0.29, 0.717) is 28.0 Å². The molecule has 0 bridgehead atoms. The summed E-state index contributed by atoms with van der Waals surface area (Å²) in [5.74, 6) is -1.55. The highest BCUT2D eigenvalue weighted by atomic mass is 35.5. The first-order chi connectivity index (χ1) is 12.8. The Hall–Kier alpha value is -2.90. The highest BCUT2D eigenvalue weighted by Gasteiger charge is 2.17. The molecule has 7 nitrogen and oxygen atoms in total. The Morgan fingerprint density at radius 2 is 1.93 bits per heavy atom. The molecule has 0 saturated heterocycles. The number of carbonyl (C=O) groups is 2. The van der Waals surface area contributed by atoms with Crippen LogP contribution in [0.4, 0.5) is 5.69 Å². The Kier molecular flexibility index (Phi) is 5.43. The first-order valence-corrected chi connectivity index (χ1v) is 8.59. The van der Waals surface area contributed by atoms with E-state index in [-0.39, 0.29) is 11.3 Å². The normalized spacial score (nSPS) is 10.6. The number of nitrogens with one attached hydrogen (secondary N) is 1. The predicted octanol–water partition coefficient (Wildman–Crippen LogP) is 3.89. The fourth-order valence-corrected chi connectivity index (χ4v) is 2.77. The van der Waals surface area contributed by atoms with Crippen LogP contribution in [0.3, 0.4) is 0 Å². The summed E-state index contributed by atoms with van der Waals surface area (Å²) in [6.45, 7) is 2.09. The lowest BCUT2D eigenvalue weighted by atomic mass is 10.2. The van der Waals surface area contributed by atoms with Gasteiger partial charge in [0.1, 0.15) is 0 Å². The number of aromatic nitrogens is 3. The zero-order valence-electron chi connectivity index (χ0n) is 14.1. The lowest BCUT2D eigenvalue weighted by molar-refractivity contribution is 0.0696. The van der Waals surface area contributed by atoms with Gasteiger partial charge in [-0.05, 0) is 42.8 Å². The van der Waals surface area contributed by atoms with E-state index in [1.54, 1.807) is 35.9 Å². The van der Waals surface area contributed by atoms with Crippen molar-refractivity contribution in [3.05, 3.63) is 75.0 Å². The summed E-state index contributed by atoms with van der Waals surface area (Å²) in [7, 11) is 0. The SMILES string of the molecule is Cc1c(C(=O)Nc2cccc(C(=O)O)c2)nnn1Cc1ccc(Cl)c(Cl)c1. The van der Waals surface area contributed by atoms with Crippen LogP contribution in [0.1, 0.15) is 32.1 Å². The summed E-state index contributed by atoms with van der Waals surface area (Å²) in [6, 6.07) is 11.2. The second-order valence-corrected chi connectivity index (χ2v) is 6.58. The average Bonchev–Trinajstić information content (AvgIpc) is 2.99. The number of rotatable bonds is 5. The van der Waals surface area contributed by atoms with Crippen LogP contribution in [0.5, 0.6) is 0 Å². The Balaban J connectivity index is 1.78. The number of aromatic carboxylic acids is 1. The van der Waals surface area contributed by atoms with Crippen LogP contribution in [0.2, 0.25) is 10.0 Å². The van der Waals surface area contributed by atoms with Gasteiger partial charge < -0.3 is 10.4 Å². The van der Waals surface area contributed by atoms with Gasteiger partial charge in [-0.1, -0.05) is 40.5 Å². The quantitative estimate of drug-likeness (QED) is 0.671. The number of hydrogen-bond acceptors (Lipinski definition) is 4. The van der Waals surface area contributed by atoms with Crippen LogP contribution in [0, 0.1) is 6.92 Å². The van der Waals surface area contributed by atoms with E-state index in [9.17, 15) is 9.59 Å². The number of anilines is 1. The average molecular weight is 405 g/mol. The molecule has 2 N–H and O–H groups in total. The van der Waals surface area contributed by atoms with Crippen LogP contribution in [-0.2, 0) is 6.54 Å². The number of halogens is 2. The Bertz CT molecular complexity index is 1030. The summed E-state index contributed by atoms with van der Waals surface area (Å²) in [5, 5.41) is 20.5. The lowest BCUT2D eigenvalue weighted by Gasteiger charge is -2.07. The second kappa shape index (κ2) is 7.77. The summed E-state index contributed by atoms with van der Waals surface area (Å²) in [4.78, 5) is 23.5. The summed E-state index contributed by atoms with van der Waals surface area (Å²) in [5.41, 5.74) is 2.01. The van der Waals surface area contributed by atoms with Crippen molar-refractivity contribution in [3.63, 3.8) is 0 Å². The molecule has 2 aromatic carbocycles. The fraction of sp³-hybridized carbons (Fsp3) is 0.111. The van der Waals surface area contributed by atoms with E-state index in [0.717, 1.165) is 5.56 Å². The number of hydrogen-bond donors (Lipinski definition) is 2. The predicted molar refractivity (Wildman–Crippen MR) is 102 cm³/mol. The van der Waals surface area contributed by atoms with E-state index in [1.807, 2.05) is 6.07 Å². The number of nitrogens with zero attached hydrogens (tertiary/aromatic N) is 3. The van der Waals surface area contributed by atoms with E-state index in [2.05, 4.69) is 15.6 Å². The van der Waals surface area contributed by atoms with Crippen molar-refractivity contribution in [2.45, 2.75) is 13.5 Å². The summed E-state index contributed by atoms with van der Waals surface area (Å²) < 4.78 is 1.57. The summed E-state index contributed by atoms with van der Waals surface area (Å²) in [6.07, 6.45) is 0. The van der Waals surface area contributed by atoms with Gasteiger partial charge in [-0.15, -0.1) is 5.10 Å². The van der Waals surface area contributed by atoms with E-state index in [1.165, 1.54) is 12.1 Å². The van der Waals surface area contributed by atoms with Crippen molar-refractivity contribution in [2.75, 3.05) is 5.32 Å². The fourth-order valence-electron chi connectivity index (χ4n) is 2.45. The molecule has 0 saturated carbocycles. The molecular weight excluding hydrogens is 391 g/mol. The van der Waals surface area contributed by atoms with Crippen molar-refractivity contribution < 1.29 is 14.7 Å². The Labute approximate surface area is 164 Å². The summed E-state index contributed by atoms with van der Waals surface area (Å²) >= 11 is 11.9. The molecule has 0 aliphatic carbocycles. The topological polar surface area (TPSA) is 97.1 Å². The minimum absolute atomic E-state index is 0.0767. The molecule has 27 heavy (non-hydrogen) atoms. The molecule has 0 aliphatic rings. The maximum atomic E-state index is 12.5. The van der Waals surface area contributed by atoms with Gasteiger partial charge in [0.25, 0.3) is 5.91 Å². The molecule has 0 radical (unpaired) electrons. The minimum Gasteiger partial charge on any atom is -0.478 e. The molecule has 1 amide bonds. The molecular formula is C18H14Cl2N4O3. The van der Waals surface area contributed by atoms with Crippen LogP contribution in [-0.4, -0.2) is 32.0 Å². The maximum Gasteiger partial charge on any atom is 0.335 e. The third-order valence-electron chi connectivity index (χ3n) is 3.88. The number of carbonyl (C=O) groups excluding carboxylic acids is 1. The highest BCUT2D eigenvalue weighted by Crippen LogP contribution is 2.23. The Morgan fingerprint density at radius 3 is 2.63 bits per heavy atom. The van der Waals surface area contributed by atoms with Crippen molar-refractivity contribution >= 4 is 40.8 Å². The van der Waals surface area contributed by atoms with E-state index < -0.39 is 11.9 Å². The largest absolute Gasteiger partial charge is 0.478 e. The minimum atomic E-state index is -1.07. The zero-order valence-corrected chi connectivity index (χ0v) is 15.6. The number of carboxylic acid groups (broad SMARTS) is 1. The van der Waals surface area contributed by atoms with Crippen molar-refractivity contribution in [1.82, 2.24) is 15.0 Å². The molecule has 1 heterocycles. The van der Waals surface area contributed by atoms with Gasteiger partial charge in [0.2, 0.25) is 0 Å². The van der Waals surface area contributed by atoms with E-state index in [4.69, 9.17) is 28.3 Å². The first kappa shape index (κ1) is 18.9. The molecule has 9 heteroatoms. The molecule has 0 fully saturated rings. The maximum absolute atomic E-state index is 12.5. The second-order valence-electron chi connectivity index (χ2n) is 5.77. The van der Waals surface area contributed by atoms with Crippen LogP contribution in [0.25, 0.3) is 0 Å². The Morgan fingerprint density at radius 1 is 1.15 bits per heavy atom. The lowest BCUT2D eigenvalue weighted by Crippen LogP contribution is -2.15. The van der Waals surface area contributed by atoms with Gasteiger partial charge in [0.05, 0.1) is 27.8 Å². The van der Waals surface area contributed by atoms with Gasteiger partial charge in [0.15, 0.2) is 5.69 Å². The van der Waals surface area contributed by atoms with E-state index >= 15 is 0 Å². The van der Waals surface area contributed by atoms with Crippen LogP contribution >= 0.6 is 23.2 Å².